The number of nitrogens with one attached hydrogen (secondary N) is 1. The Bertz CT molecular complexity index is 287. The lowest BCUT2D eigenvalue weighted by atomic mass is 10.3. The first-order chi connectivity index (χ1) is 6.74. The third-order valence-electron chi connectivity index (χ3n) is 1.67. The third kappa shape index (κ3) is 3.16. The highest BCUT2D eigenvalue weighted by molar-refractivity contribution is 5.93. The molecule has 1 amide bonds. The fraction of sp³-hybridized carbons (Fsp3) is 0.300. The zero-order chi connectivity index (χ0) is 10.4. The predicted octanol–water partition coefficient (Wildman–Crippen LogP) is 0.632. The first-order valence-corrected chi connectivity index (χ1v) is 4.27. The van der Waals surface area contributed by atoms with E-state index >= 15 is 0 Å². The van der Waals surface area contributed by atoms with Crippen molar-refractivity contribution in [1.82, 2.24) is 0 Å². The number of hydrogen-bond acceptors (Lipinski definition) is 3. The molecule has 0 spiro atoms. The van der Waals surface area contributed by atoms with E-state index in [0.29, 0.717) is 5.69 Å². The Balaban J connectivity index is 2.49. The average Bonchev–Trinajstić information content (AvgIpc) is 2.19. The van der Waals surface area contributed by atoms with Crippen molar-refractivity contribution >= 4 is 11.6 Å². The third-order valence-corrected chi connectivity index (χ3v) is 1.67. The van der Waals surface area contributed by atoms with Gasteiger partial charge in [0.2, 0.25) is 0 Å². The molecule has 0 bridgehead atoms. The van der Waals surface area contributed by atoms with E-state index in [-0.39, 0.29) is 6.61 Å². The van der Waals surface area contributed by atoms with Gasteiger partial charge < -0.3 is 15.2 Å². The second kappa shape index (κ2) is 5.36. The summed E-state index contributed by atoms with van der Waals surface area (Å²) >= 11 is 0. The van der Waals surface area contributed by atoms with Crippen LogP contribution in [0.3, 0.4) is 0 Å². The van der Waals surface area contributed by atoms with Gasteiger partial charge in [0.1, 0.15) is 0 Å². The lowest BCUT2D eigenvalue weighted by Crippen LogP contribution is -2.31. The van der Waals surface area contributed by atoms with Crippen LogP contribution in [-0.4, -0.2) is 30.8 Å². The maximum absolute atomic E-state index is 11.3. The van der Waals surface area contributed by atoms with Crippen LogP contribution in [0, 0.1) is 0 Å². The van der Waals surface area contributed by atoms with Crippen LogP contribution < -0.4 is 5.32 Å². The lowest BCUT2D eigenvalue weighted by molar-refractivity contribution is -0.126. The van der Waals surface area contributed by atoms with Crippen molar-refractivity contribution in [3.05, 3.63) is 30.3 Å². The van der Waals surface area contributed by atoms with Gasteiger partial charge >= 0.3 is 0 Å². The van der Waals surface area contributed by atoms with Crippen LogP contribution in [0.15, 0.2) is 30.3 Å². The molecular formula is C10H13NO3. The summed E-state index contributed by atoms with van der Waals surface area (Å²) in [5.74, 6) is -0.460. The summed E-state index contributed by atoms with van der Waals surface area (Å²) in [7, 11) is 1.43. The molecule has 1 aromatic rings. The summed E-state index contributed by atoms with van der Waals surface area (Å²) < 4.78 is 4.65. The molecule has 4 heteroatoms. The summed E-state index contributed by atoms with van der Waals surface area (Å²) in [6.45, 7) is -0.00132. The Morgan fingerprint density at radius 3 is 2.71 bits per heavy atom. The molecular weight excluding hydrogens is 182 g/mol. The minimum atomic E-state index is -1.12. The summed E-state index contributed by atoms with van der Waals surface area (Å²) in [6.07, 6.45) is -1.12. The molecule has 76 valence electrons. The smallest absolute Gasteiger partial charge is 0.255 e. The van der Waals surface area contributed by atoms with Crippen molar-refractivity contribution in [2.24, 2.45) is 0 Å². The van der Waals surface area contributed by atoms with Crippen LogP contribution in [0.2, 0.25) is 0 Å². The van der Waals surface area contributed by atoms with Crippen LogP contribution >= 0.6 is 0 Å². The van der Waals surface area contributed by atoms with Crippen LogP contribution in [0.1, 0.15) is 0 Å². The van der Waals surface area contributed by atoms with Gasteiger partial charge in [-0.15, -0.1) is 0 Å². The average molecular weight is 195 g/mol. The highest BCUT2D eigenvalue weighted by Gasteiger charge is 2.13. The predicted molar refractivity (Wildman–Crippen MR) is 53.0 cm³/mol. The number of methoxy groups -OCH3 is 1. The number of hydrogen-bond donors (Lipinski definition) is 2. The van der Waals surface area contributed by atoms with E-state index in [0.717, 1.165) is 0 Å². The second-order valence-electron chi connectivity index (χ2n) is 2.83. The molecule has 0 heterocycles. The fourth-order valence-corrected chi connectivity index (χ4v) is 0.981. The Morgan fingerprint density at radius 2 is 2.14 bits per heavy atom. The molecule has 1 aromatic carbocycles. The van der Waals surface area contributed by atoms with E-state index in [1.54, 1.807) is 24.3 Å². The van der Waals surface area contributed by atoms with Crippen LogP contribution in [0.5, 0.6) is 0 Å². The SMILES string of the molecule is COC[C@H](O)C(=O)Nc1ccccc1. The summed E-state index contributed by atoms with van der Waals surface area (Å²) in [5, 5.41) is 11.8. The van der Waals surface area contributed by atoms with Gasteiger partial charge in [-0.1, -0.05) is 18.2 Å². The van der Waals surface area contributed by atoms with Crippen molar-refractivity contribution in [2.75, 3.05) is 19.0 Å². The van der Waals surface area contributed by atoms with Gasteiger partial charge in [0.15, 0.2) is 6.10 Å². The number of para-hydroxylation sites is 1. The maximum Gasteiger partial charge on any atom is 0.255 e. The maximum atomic E-state index is 11.3. The van der Waals surface area contributed by atoms with Crippen LogP contribution in [0.4, 0.5) is 5.69 Å². The van der Waals surface area contributed by atoms with E-state index in [9.17, 15) is 9.90 Å². The molecule has 0 aliphatic heterocycles. The lowest BCUT2D eigenvalue weighted by Gasteiger charge is -2.09. The topological polar surface area (TPSA) is 58.6 Å². The van der Waals surface area contributed by atoms with E-state index in [2.05, 4.69) is 10.1 Å². The second-order valence-corrected chi connectivity index (χ2v) is 2.83. The van der Waals surface area contributed by atoms with Crippen molar-refractivity contribution in [2.45, 2.75) is 6.10 Å². The zero-order valence-corrected chi connectivity index (χ0v) is 7.93. The van der Waals surface area contributed by atoms with Crippen LogP contribution in [-0.2, 0) is 9.53 Å². The Morgan fingerprint density at radius 1 is 1.50 bits per heavy atom. The molecule has 1 rings (SSSR count). The van der Waals surface area contributed by atoms with E-state index < -0.39 is 12.0 Å². The minimum absolute atomic E-state index is 0.00132. The van der Waals surface area contributed by atoms with Gasteiger partial charge in [-0.3, -0.25) is 4.79 Å². The molecule has 0 saturated carbocycles. The van der Waals surface area contributed by atoms with Gasteiger partial charge in [0.05, 0.1) is 6.61 Å². The number of aliphatic hydroxyl groups excluding tert-OH is 1. The van der Waals surface area contributed by atoms with Crippen LogP contribution in [0.25, 0.3) is 0 Å². The molecule has 0 unspecified atom stereocenters. The molecule has 0 saturated heterocycles. The zero-order valence-electron chi connectivity index (χ0n) is 7.93. The van der Waals surface area contributed by atoms with Crippen molar-refractivity contribution in [1.29, 1.82) is 0 Å². The highest BCUT2D eigenvalue weighted by Crippen LogP contribution is 2.05. The van der Waals surface area contributed by atoms with E-state index in [4.69, 9.17) is 0 Å². The van der Waals surface area contributed by atoms with Gasteiger partial charge in [0.25, 0.3) is 5.91 Å². The normalized spacial score (nSPS) is 12.1. The fourth-order valence-electron chi connectivity index (χ4n) is 0.981. The number of ether oxygens (including phenoxy) is 1. The van der Waals surface area contributed by atoms with Gasteiger partial charge in [-0.2, -0.15) is 0 Å². The summed E-state index contributed by atoms with van der Waals surface area (Å²) in [6, 6.07) is 8.95. The molecule has 4 nitrogen and oxygen atoms in total. The summed E-state index contributed by atoms with van der Waals surface area (Å²) in [5.41, 5.74) is 0.660. The largest absolute Gasteiger partial charge is 0.381 e. The monoisotopic (exact) mass is 195 g/mol. The molecule has 14 heavy (non-hydrogen) atoms. The molecule has 0 radical (unpaired) electrons. The molecule has 0 aliphatic carbocycles. The van der Waals surface area contributed by atoms with Gasteiger partial charge in [0, 0.05) is 12.8 Å². The molecule has 1 atom stereocenters. The first kappa shape index (κ1) is 10.7. The van der Waals surface area contributed by atoms with Gasteiger partial charge in [-0.25, -0.2) is 0 Å². The molecule has 0 aromatic heterocycles. The summed E-state index contributed by atoms with van der Waals surface area (Å²) in [4.78, 5) is 11.3. The Labute approximate surface area is 82.5 Å². The number of amides is 1. The van der Waals surface area contributed by atoms with E-state index in [1.807, 2.05) is 6.07 Å². The number of aliphatic hydroxyl groups is 1. The first-order valence-electron chi connectivity index (χ1n) is 4.27. The number of carbonyl (C=O) groups is 1. The minimum Gasteiger partial charge on any atom is -0.381 e. The molecule has 2 N–H and O–H groups in total. The van der Waals surface area contributed by atoms with Gasteiger partial charge in [-0.05, 0) is 12.1 Å². The number of benzene rings is 1. The number of carbonyl (C=O) groups excluding carboxylic acids is 1. The molecule has 0 aliphatic rings. The van der Waals surface area contributed by atoms with Crippen molar-refractivity contribution in [3.63, 3.8) is 0 Å². The molecule has 0 fully saturated rings. The number of rotatable bonds is 4. The van der Waals surface area contributed by atoms with Crippen molar-refractivity contribution < 1.29 is 14.6 Å². The quantitative estimate of drug-likeness (QED) is 0.741. The number of anilines is 1. The highest BCUT2D eigenvalue weighted by atomic mass is 16.5. The Kier molecular flexibility index (Phi) is 4.10. The van der Waals surface area contributed by atoms with E-state index in [1.165, 1.54) is 7.11 Å². The van der Waals surface area contributed by atoms with Crippen molar-refractivity contribution in [3.8, 4) is 0 Å². The standard InChI is InChI=1S/C10H13NO3/c1-14-7-9(12)10(13)11-8-5-3-2-4-6-8/h2-6,9,12H,7H2,1H3,(H,11,13)/t9-/m0/s1. The Hall–Kier alpha value is -1.39.